The van der Waals surface area contributed by atoms with Crippen molar-refractivity contribution in [3.05, 3.63) is 75.6 Å². The fourth-order valence-electron chi connectivity index (χ4n) is 3.20. The molecular weight excluding hydrogens is 365 g/mol. The van der Waals surface area contributed by atoms with Gasteiger partial charge >= 0.3 is 0 Å². The highest BCUT2D eigenvalue weighted by Gasteiger charge is 2.29. The van der Waals surface area contributed by atoms with Crippen LogP contribution in [0.5, 0.6) is 0 Å². The zero-order valence-electron chi connectivity index (χ0n) is 15.1. The average molecular weight is 385 g/mol. The number of carbonyl (C=O) groups is 2. The molecule has 1 unspecified atom stereocenters. The van der Waals surface area contributed by atoms with Gasteiger partial charge in [0.15, 0.2) is 0 Å². The summed E-state index contributed by atoms with van der Waals surface area (Å²) in [6.07, 6.45) is 0.483. The number of nitro benzene ring substituents is 1. The van der Waals surface area contributed by atoms with Gasteiger partial charge in [-0.05, 0) is 23.3 Å². The van der Waals surface area contributed by atoms with E-state index in [2.05, 4.69) is 5.32 Å². The molecule has 2 amide bonds. The van der Waals surface area contributed by atoms with Crippen LogP contribution in [0.1, 0.15) is 17.5 Å². The van der Waals surface area contributed by atoms with Gasteiger partial charge in [0.25, 0.3) is 5.69 Å². The topological polar surface area (TPSA) is 92.5 Å². The summed E-state index contributed by atoms with van der Waals surface area (Å²) in [6, 6.07) is 11.9. The summed E-state index contributed by atoms with van der Waals surface area (Å²) < 4.78 is 13.0. The third-order valence-corrected chi connectivity index (χ3v) is 4.68. The van der Waals surface area contributed by atoms with Crippen molar-refractivity contribution in [3.63, 3.8) is 0 Å². The number of hydrogen-bond acceptors (Lipinski definition) is 4. The lowest BCUT2D eigenvalue weighted by atomic mass is 10.1. The first-order valence-corrected chi connectivity index (χ1v) is 8.93. The van der Waals surface area contributed by atoms with E-state index in [1.165, 1.54) is 24.3 Å². The Balaban J connectivity index is 1.45. The Morgan fingerprint density at radius 1 is 1.14 bits per heavy atom. The van der Waals surface area contributed by atoms with Crippen LogP contribution >= 0.6 is 0 Å². The highest BCUT2D eigenvalue weighted by molar-refractivity contribution is 5.80. The Hall–Kier alpha value is -3.29. The largest absolute Gasteiger partial charge is 0.355 e. The number of nitro groups is 1. The van der Waals surface area contributed by atoms with Crippen molar-refractivity contribution in [2.75, 3.05) is 13.1 Å². The third-order valence-electron chi connectivity index (χ3n) is 4.68. The Labute approximate surface area is 161 Å². The molecule has 0 spiro atoms. The first-order chi connectivity index (χ1) is 13.4. The molecule has 1 N–H and O–H groups in total. The summed E-state index contributed by atoms with van der Waals surface area (Å²) in [4.78, 5) is 36.1. The van der Waals surface area contributed by atoms with Crippen molar-refractivity contribution in [2.45, 2.75) is 19.4 Å². The zero-order chi connectivity index (χ0) is 20.1. The van der Waals surface area contributed by atoms with Gasteiger partial charge in [0.2, 0.25) is 11.8 Å². The number of hydrogen-bond donors (Lipinski definition) is 1. The van der Waals surface area contributed by atoms with Crippen LogP contribution < -0.4 is 5.32 Å². The van der Waals surface area contributed by atoms with Gasteiger partial charge in [-0.25, -0.2) is 4.39 Å². The van der Waals surface area contributed by atoms with Gasteiger partial charge in [-0.1, -0.05) is 24.3 Å². The predicted molar refractivity (Wildman–Crippen MR) is 99.7 cm³/mol. The van der Waals surface area contributed by atoms with Gasteiger partial charge in [-0.2, -0.15) is 0 Å². The molecule has 8 heteroatoms. The maximum absolute atomic E-state index is 13.0. The lowest BCUT2D eigenvalue weighted by molar-refractivity contribution is -0.384. The van der Waals surface area contributed by atoms with Gasteiger partial charge in [0.05, 0.1) is 11.3 Å². The highest BCUT2D eigenvalue weighted by atomic mass is 19.1. The second kappa shape index (κ2) is 8.60. The standard InChI is InChI=1S/C20H20FN3O4/c21-17-5-1-15(2-6-17)12-23-13-16(10-20(23)26)11-22-19(25)9-14-3-7-18(8-4-14)24(27)28/h1-8,16H,9-13H2,(H,22,25). The quantitative estimate of drug-likeness (QED) is 0.585. The average Bonchev–Trinajstić information content (AvgIpc) is 3.02. The molecule has 1 saturated heterocycles. The minimum atomic E-state index is -0.487. The number of rotatable bonds is 7. The molecule has 2 aromatic carbocycles. The summed E-state index contributed by atoms with van der Waals surface area (Å²) in [5.41, 5.74) is 1.52. The van der Waals surface area contributed by atoms with Crippen LogP contribution in [0.4, 0.5) is 10.1 Å². The Kier molecular flexibility index (Phi) is 5.98. The lowest BCUT2D eigenvalue weighted by Crippen LogP contribution is -2.32. The van der Waals surface area contributed by atoms with Gasteiger partial charge in [-0.15, -0.1) is 0 Å². The maximum Gasteiger partial charge on any atom is 0.269 e. The number of carbonyl (C=O) groups excluding carboxylic acids is 2. The van der Waals surface area contributed by atoms with Crippen LogP contribution in [0.3, 0.4) is 0 Å². The van der Waals surface area contributed by atoms with Crippen LogP contribution in [0.15, 0.2) is 48.5 Å². The molecule has 3 rings (SSSR count). The van der Waals surface area contributed by atoms with E-state index in [0.29, 0.717) is 31.6 Å². The number of amides is 2. The summed E-state index contributed by atoms with van der Waals surface area (Å²) >= 11 is 0. The van der Waals surface area contributed by atoms with E-state index in [-0.39, 0.29) is 35.7 Å². The van der Waals surface area contributed by atoms with Gasteiger partial charge in [-0.3, -0.25) is 19.7 Å². The second-order valence-corrected chi connectivity index (χ2v) is 6.88. The molecule has 1 atom stereocenters. The molecule has 0 aromatic heterocycles. The molecule has 28 heavy (non-hydrogen) atoms. The van der Waals surface area contributed by atoms with Gasteiger partial charge < -0.3 is 10.2 Å². The van der Waals surface area contributed by atoms with E-state index < -0.39 is 4.92 Å². The second-order valence-electron chi connectivity index (χ2n) is 6.88. The number of likely N-dealkylation sites (tertiary alicyclic amines) is 1. The van der Waals surface area contributed by atoms with Crippen LogP contribution in [0.25, 0.3) is 0 Å². The Morgan fingerprint density at radius 3 is 2.43 bits per heavy atom. The molecule has 1 heterocycles. The minimum absolute atomic E-state index is 0.0129. The van der Waals surface area contributed by atoms with Crippen molar-refractivity contribution in [1.82, 2.24) is 10.2 Å². The van der Waals surface area contributed by atoms with Crippen molar-refractivity contribution in [3.8, 4) is 0 Å². The number of non-ortho nitro benzene ring substituents is 1. The van der Waals surface area contributed by atoms with Crippen LogP contribution in [-0.4, -0.2) is 34.7 Å². The first-order valence-electron chi connectivity index (χ1n) is 8.93. The van der Waals surface area contributed by atoms with Gasteiger partial charge in [0.1, 0.15) is 5.82 Å². The zero-order valence-corrected chi connectivity index (χ0v) is 15.1. The summed E-state index contributed by atoms with van der Waals surface area (Å²) in [5.74, 6) is -0.476. The number of benzene rings is 2. The molecule has 0 aliphatic carbocycles. The molecule has 1 fully saturated rings. The number of nitrogens with zero attached hydrogens (tertiary/aromatic N) is 2. The summed E-state index contributed by atoms with van der Waals surface area (Å²) in [5, 5.41) is 13.5. The van der Waals surface area contributed by atoms with Crippen molar-refractivity contribution in [1.29, 1.82) is 0 Å². The fraction of sp³-hybridized carbons (Fsp3) is 0.300. The van der Waals surface area contributed by atoms with E-state index >= 15 is 0 Å². The molecule has 0 saturated carbocycles. The first kappa shape index (κ1) is 19.5. The monoisotopic (exact) mass is 385 g/mol. The molecule has 0 bridgehead atoms. The number of halogens is 1. The predicted octanol–water partition coefficient (Wildman–Crippen LogP) is 2.44. The number of nitrogens with one attached hydrogen (secondary N) is 1. The molecule has 1 aliphatic rings. The summed E-state index contributed by atoms with van der Waals surface area (Å²) in [6.45, 7) is 1.35. The van der Waals surface area contributed by atoms with Crippen LogP contribution in [-0.2, 0) is 22.6 Å². The van der Waals surface area contributed by atoms with Crippen molar-refractivity contribution in [2.24, 2.45) is 5.92 Å². The molecular formula is C20H20FN3O4. The normalized spacial score (nSPS) is 16.2. The minimum Gasteiger partial charge on any atom is -0.355 e. The van der Waals surface area contributed by atoms with Crippen LogP contribution in [0.2, 0.25) is 0 Å². The fourth-order valence-corrected chi connectivity index (χ4v) is 3.20. The third kappa shape index (κ3) is 5.12. The van der Waals surface area contributed by atoms with E-state index in [1.54, 1.807) is 29.2 Å². The molecule has 7 nitrogen and oxygen atoms in total. The van der Waals surface area contributed by atoms with E-state index in [9.17, 15) is 24.1 Å². The maximum atomic E-state index is 13.0. The molecule has 146 valence electrons. The van der Waals surface area contributed by atoms with E-state index in [1.807, 2.05) is 0 Å². The smallest absolute Gasteiger partial charge is 0.269 e. The Bertz CT molecular complexity index is 868. The molecule has 0 radical (unpaired) electrons. The van der Waals surface area contributed by atoms with Crippen molar-refractivity contribution < 1.29 is 18.9 Å². The van der Waals surface area contributed by atoms with E-state index in [0.717, 1.165) is 5.56 Å². The Morgan fingerprint density at radius 2 is 1.79 bits per heavy atom. The SMILES string of the molecule is O=C(Cc1ccc([N+](=O)[O-])cc1)NCC1CC(=O)N(Cc2ccc(F)cc2)C1. The highest BCUT2D eigenvalue weighted by Crippen LogP contribution is 2.20. The molecule has 1 aliphatic heterocycles. The van der Waals surface area contributed by atoms with E-state index in [4.69, 9.17) is 0 Å². The van der Waals surface area contributed by atoms with Crippen LogP contribution in [0, 0.1) is 21.8 Å². The lowest BCUT2D eigenvalue weighted by Gasteiger charge is -2.17. The molecule has 2 aromatic rings. The summed E-state index contributed by atoms with van der Waals surface area (Å²) in [7, 11) is 0. The van der Waals surface area contributed by atoms with Crippen molar-refractivity contribution >= 4 is 17.5 Å². The van der Waals surface area contributed by atoms with Gasteiger partial charge in [0, 0.05) is 44.1 Å².